The van der Waals surface area contributed by atoms with Crippen LogP contribution in [0.15, 0.2) is 11.5 Å². The largest absolute Gasteiger partial charge is 0.396 e. The summed E-state index contributed by atoms with van der Waals surface area (Å²) in [5.74, 6) is 0. The molecule has 0 fully saturated rings. The molecular formula is C12H22O2S. The summed E-state index contributed by atoms with van der Waals surface area (Å²) >= 11 is 0. The Labute approximate surface area is 95.2 Å². The minimum Gasteiger partial charge on any atom is -0.396 e. The lowest BCUT2D eigenvalue weighted by Gasteiger charge is -2.21. The second-order valence-corrected chi connectivity index (χ2v) is 6.72. The summed E-state index contributed by atoms with van der Waals surface area (Å²) in [5, 5.41) is 11.3. The van der Waals surface area contributed by atoms with E-state index in [1.807, 2.05) is 11.5 Å². The van der Waals surface area contributed by atoms with Crippen molar-refractivity contribution >= 4 is 10.8 Å². The molecule has 0 amide bonds. The fourth-order valence-electron chi connectivity index (χ4n) is 1.80. The lowest BCUT2D eigenvalue weighted by Crippen LogP contribution is -2.16. The van der Waals surface area contributed by atoms with Gasteiger partial charge in [0.15, 0.2) is 0 Å². The van der Waals surface area contributed by atoms with Crippen molar-refractivity contribution in [2.75, 3.05) is 6.61 Å². The van der Waals surface area contributed by atoms with Crippen molar-refractivity contribution in [2.45, 2.75) is 51.2 Å². The zero-order valence-corrected chi connectivity index (χ0v) is 10.6. The molecule has 0 aliphatic carbocycles. The summed E-state index contributed by atoms with van der Waals surface area (Å²) < 4.78 is 11.4. The summed E-state index contributed by atoms with van der Waals surface area (Å²) in [6.45, 7) is 4.43. The Kier molecular flexibility index (Phi) is 5.00. The molecule has 15 heavy (non-hydrogen) atoms. The zero-order chi connectivity index (χ0) is 11.3. The van der Waals surface area contributed by atoms with Gasteiger partial charge < -0.3 is 5.11 Å². The summed E-state index contributed by atoms with van der Waals surface area (Å²) in [6.07, 6.45) is 7.37. The molecule has 1 aliphatic heterocycles. The van der Waals surface area contributed by atoms with Crippen LogP contribution in [0.25, 0.3) is 0 Å². The highest BCUT2D eigenvalue weighted by Gasteiger charge is 2.19. The third-order valence-electron chi connectivity index (χ3n) is 3.02. The molecule has 2 nitrogen and oxygen atoms in total. The maximum atomic E-state index is 11.4. The first-order valence-corrected chi connectivity index (χ1v) is 7.00. The maximum absolute atomic E-state index is 11.4. The molecule has 0 saturated heterocycles. The van der Waals surface area contributed by atoms with Crippen molar-refractivity contribution in [3.63, 3.8) is 0 Å². The Bertz CT molecular complexity index is 246. The van der Waals surface area contributed by atoms with E-state index in [0.29, 0.717) is 5.25 Å². The van der Waals surface area contributed by atoms with E-state index in [0.717, 1.165) is 32.1 Å². The molecule has 2 unspecified atom stereocenters. The fraction of sp³-hybridized carbons (Fsp3) is 0.833. The summed E-state index contributed by atoms with van der Waals surface area (Å²) in [5.41, 5.74) is 0.0487. The first kappa shape index (κ1) is 12.9. The Balaban J connectivity index is 2.10. The Hall–Kier alpha value is -0.150. The standard InChI is InChI=1S/C12H22O2S/c1-12(2,10-13)8-4-3-6-11-7-5-9-15(11)14/h5,9,11,13H,3-4,6-8,10H2,1-2H3. The van der Waals surface area contributed by atoms with E-state index in [4.69, 9.17) is 5.11 Å². The molecule has 1 aliphatic rings. The molecule has 1 heterocycles. The van der Waals surface area contributed by atoms with E-state index in [-0.39, 0.29) is 12.0 Å². The van der Waals surface area contributed by atoms with Crippen LogP contribution in [0.2, 0.25) is 0 Å². The van der Waals surface area contributed by atoms with E-state index in [1.165, 1.54) is 0 Å². The Morgan fingerprint density at radius 3 is 2.73 bits per heavy atom. The lowest BCUT2D eigenvalue weighted by atomic mass is 9.88. The van der Waals surface area contributed by atoms with E-state index >= 15 is 0 Å². The number of aliphatic hydroxyl groups is 1. The second kappa shape index (κ2) is 5.80. The zero-order valence-electron chi connectivity index (χ0n) is 9.74. The maximum Gasteiger partial charge on any atom is 0.0487 e. The lowest BCUT2D eigenvalue weighted by molar-refractivity contribution is 0.147. The van der Waals surface area contributed by atoms with Gasteiger partial charge in [0.1, 0.15) is 0 Å². The molecule has 1 N–H and O–H groups in total. The number of aliphatic hydroxyl groups excluding tert-OH is 1. The first-order chi connectivity index (χ1) is 7.05. The van der Waals surface area contributed by atoms with Crippen molar-refractivity contribution in [1.82, 2.24) is 0 Å². The highest BCUT2D eigenvalue weighted by molar-refractivity contribution is 7.88. The van der Waals surface area contributed by atoms with Crippen LogP contribution in [-0.2, 0) is 10.8 Å². The second-order valence-electron chi connectivity index (χ2n) is 5.13. The predicted molar refractivity (Wildman–Crippen MR) is 65.0 cm³/mol. The van der Waals surface area contributed by atoms with Crippen molar-refractivity contribution < 1.29 is 9.32 Å². The van der Waals surface area contributed by atoms with Crippen LogP contribution in [0.5, 0.6) is 0 Å². The molecule has 0 saturated carbocycles. The quantitative estimate of drug-likeness (QED) is 0.712. The van der Waals surface area contributed by atoms with Gasteiger partial charge in [-0.25, -0.2) is 0 Å². The summed E-state index contributed by atoms with van der Waals surface area (Å²) in [7, 11) is -0.717. The van der Waals surface area contributed by atoms with Gasteiger partial charge in [0, 0.05) is 22.7 Å². The molecule has 0 aromatic carbocycles. The first-order valence-electron chi connectivity index (χ1n) is 5.72. The van der Waals surface area contributed by atoms with Crippen LogP contribution in [0.1, 0.15) is 46.0 Å². The van der Waals surface area contributed by atoms with Gasteiger partial charge in [-0.3, -0.25) is 4.21 Å². The van der Waals surface area contributed by atoms with Gasteiger partial charge in [-0.15, -0.1) is 0 Å². The summed E-state index contributed by atoms with van der Waals surface area (Å²) in [6, 6.07) is 0. The number of allylic oxidation sites excluding steroid dienone is 1. The number of unbranched alkanes of at least 4 members (excludes halogenated alkanes) is 1. The van der Waals surface area contributed by atoms with Gasteiger partial charge in [-0.1, -0.05) is 32.8 Å². The average molecular weight is 230 g/mol. The van der Waals surface area contributed by atoms with E-state index < -0.39 is 10.8 Å². The van der Waals surface area contributed by atoms with Crippen LogP contribution in [0, 0.1) is 5.41 Å². The van der Waals surface area contributed by atoms with Crippen LogP contribution in [0.4, 0.5) is 0 Å². The summed E-state index contributed by atoms with van der Waals surface area (Å²) in [4.78, 5) is 0. The smallest absolute Gasteiger partial charge is 0.0487 e. The number of hydrogen-bond acceptors (Lipinski definition) is 2. The number of hydrogen-bond donors (Lipinski definition) is 1. The third-order valence-corrected chi connectivity index (χ3v) is 4.56. The van der Waals surface area contributed by atoms with Gasteiger partial charge >= 0.3 is 0 Å². The van der Waals surface area contributed by atoms with Gasteiger partial charge in [-0.05, 0) is 30.1 Å². The molecule has 0 bridgehead atoms. The van der Waals surface area contributed by atoms with E-state index in [1.54, 1.807) is 0 Å². The van der Waals surface area contributed by atoms with Gasteiger partial charge in [0.05, 0.1) is 0 Å². The highest BCUT2D eigenvalue weighted by Crippen LogP contribution is 2.25. The normalized spacial score (nSPS) is 26.1. The van der Waals surface area contributed by atoms with E-state index in [2.05, 4.69) is 13.8 Å². The van der Waals surface area contributed by atoms with Crippen molar-refractivity contribution in [3.8, 4) is 0 Å². The molecular weight excluding hydrogens is 208 g/mol. The third kappa shape index (κ3) is 4.47. The monoisotopic (exact) mass is 230 g/mol. The molecule has 0 radical (unpaired) electrons. The van der Waals surface area contributed by atoms with Gasteiger partial charge in [0.2, 0.25) is 0 Å². The van der Waals surface area contributed by atoms with Gasteiger partial charge in [-0.2, -0.15) is 0 Å². The van der Waals surface area contributed by atoms with Crippen molar-refractivity contribution in [1.29, 1.82) is 0 Å². The molecule has 3 heteroatoms. The van der Waals surface area contributed by atoms with Crippen LogP contribution in [0.3, 0.4) is 0 Å². The molecule has 0 aromatic rings. The van der Waals surface area contributed by atoms with Crippen LogP contribution in [-0.4, -0.2) is 21.2 Å². The predicted octanol–water partition coefficient (Wildman–Crippen LogP) is 2.60. The van der Waals surface area contributed by atoms with Crippen LogP contribution < -0.4 is 0 Å². The van der Waals surface area contributed by atoms with E-state index in [9.17, 15) is 4.21 Å². The van der Waals surface area contributed by atoms with Crippen LogP contribution >= 0.6 is 0 Å². The molecule has 0 spiro atoms. The minimum absolute atomic E-state index is 0.0487. The average Bonchev–Trinajstić information content (AvgIpc) is 2.59. The topological polar surface area (TPSA) is 37.3 Å². The highest BCUT2D eigenvalue weighted by atomic mass is 32.2. The minimum atomic E-state index is -0.717. The molecule has 0 aromatic heterocycles. The molecule has 1 rings (SSSR count). The number of rotatable bonds is 6. The molecule has 2 atom stereocenters. The Morgan fingerprint density at radius 2 is 2.20 bits per heavy atom. The van der Waals surface area contributed by atoms with Gasteiger partial charge in [0.25, 0.3) is 0 Å². The van der Waals surface area contributed by atoms with Crippen molar-refractivity contribution in [2.24, 2.45) is 5.41 Å². The molecule has 88 valence electrons. The van der Waals surface area contributed by atoms with Crippen molar-refractivity contribution in [3.05, 3.63) is 11.5 Å². The SMILES string of the molecule is CC(C)(CO)CCCCC1CC=CS1=O. The Morgan fingerprint density at radius 1 is 1.47 bits per heavy atom. The fourth-order valence-corrected chi connectivity index (χ4v) is 3.02.